The minimum absolute atomic E-state index is 0.0318. The summed E-state index contributed by atoms with van der Waals surface area (Å²) in [6.45, 7) is 1.87. The first-order valence-electron chi connectivity index (χ1n) is 8.61. The van der Waals surface area contributed by atoms with Crippen LogP contribution >= 0.6 is 11.6 Å². The van der Waals surface area contributed by atoms with E-state index in [2.05, 4.69) is 5.32 Å². The number of carbonyl (C=O) groups excluding carboxylic acids is 1. The van der Waals surface area contributed by atoms with Crippen LogP contribution in [0.2, 0.25) is 5.02 Å². The van der Waals surface area contributed by atoms with Gasteiger partial charge in [-0.2, -0.15) is 0 Å². The van der Waals surface area contributed by atoms with E-state index in [1.165, 1.54) is 0 Å². The van der Waals surface area contributed by atoms with Crippen molar-refractivity contribution in [2.45, 2.75) is 25.5 Å². The highest BCUT2D eigenvalue weighted by Crippen LogP contribution is 2.24. The molecule has 3 rings (SSSR count). The summed E-state index contributed by atoms with van der Waals surface area (Å²) in [5.41, 5.74) is 1.51. The molecule has 1 aliphatic heterocycles. The lowest BCUT2D eigenvalue weighted by atomic mass is 10.0. The fourth-order valence-electron chi connectivity index (χ4n) is 3.08. The highest BCUT2D eigenvalue weighted by Gasteiger charge is 2.24. The summed E-state index contributed by atoms with van der Waals surface area (Å²) in [5.74, 6) is 0.632. The molecule has 1 amide bonds. The Balaban J connectivity index is 1.70. The Hall–Kier alpha value is -2.04. The Kier molecular flexibility index (Phi) is 5.95. The lowest BCUT2D eigenvalue weighted by Gasteiger charge is -2.32. The summed E-state index contributed by atoms with van der Waals surface area (Å²) in [6.07, 6.45) is 1.95. The van der Waals surface area contributed by atoms with Crippen LogP contribution in [-0.2, 0) is 6.61 Å². The van der Waals surface area contributed by atoms with Crippen molar-refractivity contribution in [1.29, 1.82) is 0 Å². The Labute approximate surface area is 153 Å². The van der Waals surface area contributed by atoms with Gasteiger partial charge in [-0.1, -0.05) is 41.9 Å². The molecule has 0 aromatic heterocycles. The van der Waals surface area contributed by atoms with Gasteiger partial charge in [-0.05, 0) is 38.1 Å². The molecule has 0 spiro atoms. The summed E-state index contributed by atoms with van der Waals surface area (Å²) < 4.78 is 5.91. The van der Waals surface area contributed by atoms with Gasteiger partial charge in [-0.25, -0.2) is 0 Å². The highest BCUT2D eigenvalue weighted by molar-refractivity contribution is 6.31. The van der Waals surface area contributed by atoms with Crippen molar-refractivity contribution >= 4 is 17.5 Å². The van der Waals surface area contributed by atoms with Gasteiger partial charge in [0.2, 0.25) is 0 Å². The molecule has 1 heterocycles. The quantitative estimate of drug-likeness (QED) is 0.885. The standard InChI is InChI=1S/C20H23ClN2O2/c1-22-16-10-12-23(13-11-16)20(24)17-7-3-5-9-19(17)25-14-15-6-2-4-8-18(15)21/h2-9,16,22H,10-14H2,1H3. The zero-order valence-corrected chi connectivity index (χ0v) is 15.1. The number of para-hydroxylation sites is 1. The molecule has 0 saturated carbocycles. The van der Waals surface area contributed by atoms with Gasteiger partial charge >= 0.3 is 0 Å². The number of piperidine rings is 1. The molecular weight excluding hydrogens is 336 g/mol. The van der Waals surface area contributed by atoms with Gasteiger partial charge in [0.15, 0.2) is 0 Å². The first-order chi connectivity index (χ1) is 12.2. The molecule has 25 heavy (non-hydrogen) atoms. The Bertz CT molecular complexity index is 727. The lowest BCUT2D eigenvalue weighted by molar-refractivity contribution is 0.0702. The van der Waals surface area contributed by atoms with Crippen LogP contribution in [-0.4, -0.2) is 37.0 Å². The predicted octanol–water partition coefficient (Wildman–Crippen LogP) is 3.74. The van der Waals surface area contributed by atoms with Gasteiger partial charge in [0.05, 0.1) is 5.56 Å². The molecule has 1 aliphatic rings. The third kappa shape index (κ3) is 4.33. The van der Waals surface area contributed by atoms with Gasteiger partial charge < -0.3 is 15.0 Å². The lowest BCUT2D eigenvalue weighted by Crippen LogP contribution is -2.44. The number of carbonyl (C=O) groups is 1. The van der Waals surface area contributed by atoms with Crippen LogP contribution in [0, 0.1) is 0 Å². The highest BCUT2D eigenvalue weighted by atomic mass is 35.5. The Morgan fingerprint density at radius 1 is 1.16 bits per heavy atom. The second-order valence-electron chi connectivity index (χ2n) is 6.23. The van der Waals surface area contributed by atoms with Crippen LogP contribution < -0.4 is 10.1 Å². The maximum atomic E-state index is 12.9. The van der Waals surface area contributed by atoms with Gasteiger partial charge in [0, 0.05) is 29.7 Å². The van der Waals surface area contributed by atoms with Gasteiger partial charge in [-0.15, -0.1) is 0 Å². The Morgan fingerprint density at radius 2 is 1.84 bits per heavy atom. The van der Waals surface area contributed by atoms with Crippen molar-refractivity contribution in [1.82, 2.24) is 10.2 Å². The molecule has 5 heteroatoms. The van der Waals surface area contributed by atoms with Gasteiger partial charge in [0.25, 0.3) is 5.91 Å². The van der Waals surface area contributed by atoms with Crippen LogP contribution in [0.3, 0.4) is 0 Å². The van der Waals surface area contributed by atoms with E-state index in [0.717, 1.165) is 31.5 Å². The predicted molar refractivity (Wildman–Crippen MR) is 100 cm³/mol. The second-order valence-corrected chi connectivity index (χ2v) is 6.64. The smallest absolute Gasteiger partial charge is 0.257 e. The first-order valence-corrected chi connectivity index (χ1v) is 8.98. The molecule has 4 nitrogen and oxygen atoms in total. The monoisotopic (exact) mass is 358 g/mol. The number of hydrogen-bond donors (Lipinski definition) is 1. The number of hydrogen-bond acceptors (Lipinski definition) is 3. The average molecular weight is 359 g/mol. The zero-order chi connectivity index (χ0) is 17.6. The SMILES string of the molecule is CNC1CCN(C(=O)c2ccccc2OCc2ccccc2Cl)CC1. The van der Waals surface area contributed by atoms with E-state index in [1.807, 2.05) is 60.5 Å². The van der Waals surface area contributed by atoms with Crippen molar-refractivity contribution in [3.8, 4) is 5.75 Å². The van der Waals surface area contributed by atoms with Crippen LogP contribution in [0.25, 0.3) is 0 Å². The maximum absolute atomic E-state index is 12.9. The third-order valence-electron chi connectivity index (χ3n) is 4.65. The van der Waals surface area contributed by atoms with Gasteiger partial charge in [0.1, 0.15) is 12.4 Å². The summed E-state index contributed by atoms with van der Waals surface area (Å²) in [5, 5.41) is 3.95. The minimum Gasteiger partial charge on any atom is -0.488 e. The molecule has 0 radical (unpaired) electrons. The maximum Gasteiger partial charge on any atom is 0.257 e. The van der Waals surface area contributed by atoms with E-state index in [9.17, 15) is 4.79 Å². The van der Waals surface area contributed by atoms with Crippen molar-refractivity contribution in [3.63, 3.8) is 0 Å². The summed E-state index contributed by atoms with van der Waals surface area (Å²) in [4.78, 5) is 14.8. The molecule has 2 aromatic rings. The number of nitrogens with one attached hydrogen (secondary N) is 1. The number of benzene rings is 2. The van der Waals surface area contributed by atoms with Gasteiger partial charge in [-0.3, -0.25) is 4.79 Å². The summed E-state index contributed by atoms with van der Waals surface area (Å²) in [6, 6.07) is 15.5. The minimum atomic E-state index is 0.0318. The number of halogens is 1. The summed E-state index contributed by atoms with van der Waals surface area (Å²) >= 11 is 6.18. The van der Waals surface area contributed by atoms with E-state index >= 15 is 0 Å². The van der Waals surface area contributed by atoms with Crippen LogP contribution in [0.4, 0.5) is 0 Å². The molecule has 132 valence electrons. The first kappa shape index (κ1) is 17.8. The van der Waals surface area contributed by atoms with E-state index < -0.39 is 0 Å². The van der Waals surface area contributed by atoms with Crippen molar-refractivity contribution in [2.75, 3.05) is 20.1 Å². The fraction of sp³-hybridized carbons (Fsp3) is 0.350. The normalized spacial score (nSPS) is 15.2. The third-order valence-corrected chi connectivity index (χ3v) is 5.02. The molecule has 2 aromatic carbocycles. The van der Waals surface area contributed by atoms with E-state index in [4.69, 9.17) is 16.3 Å². The van der Waals surface area contributed by atoms with E-state index in [-0.39, 0.29) is 5.91 Å². The molecule has 0 unspecified atom stereocenters. The average Bonchev–Trinajstić information content (AvgIpc) is 2.67. The van der Waals surface area contributed by atoms with E-state index in [0.29, 0.717) is 29.0 Å². The number of nitrogens with zero attached hydrogens (tertiary/aromatic N) is 1. The number of ether oxygens (including phenoxy) is 1. The number of likely N-dealkylation sites (tertiary alicyclic amines) is 1. The van der Waals surface area contributed by atoms with Crippen LogP contribution in [0.1, 0.15) is 28.8 Å². The molecule has 0 atom stereocenters. The van der Waals surface area contributed by atoms with Crippen molar-refractivity contribution in [3.05, 3.63) is 64.7 Å². The van der Waals surface area contributed by atoms with Crippen LogP contribution in [0.5, 0.6) is 5.75 Å². The summed E-state index contributed by atoms with van der Waals surface area (Å²) in [7, 11) is 1.97. The second kappa shape index (κ2) is 8.37. The topological polar surface area (TPSA) is 41.6 Å². The fourth-order valence-corrected chi connectivity index (χ4v) is 3.27. The zero-order valence-electron chi connectivity index (χ0n) is 14.4. The molecular formula is C20H23ClN2O2. The molecule has 1 N–H and O–H groups in total. The number of rotatable bonds is 5. The molecule has 0 bridgehead atoms. The molecule has 1 fully saturated rings. The molecule has 0 aliphatic carbocycles. The Morgan fingerprint density at radius 3 is 2.56 bits per heavy atom. The van der Waals surface area contributed by atoms with Crippen LogP contribution in [0.15, 0.2) is 48.5 Å². The van der Waals surface area contributed by atoms with E-state index in [1.54, 1.807) is 0 Å². The van der Waals surface area contributed by atoms with Crippen molar-refractivity contribution in [2.24, 2.45) is 0 Å². The largest absolute Gasteiger partial charge is 0.488 e. The van der Waals surface area contributed by atoms with Crippen molar-refractivity contribution < 1.29 is 9.53 Å². The number of amides is 1. The molecule has 1 saturated heterocycles.